The number of Topliss-reactive ketones (excluding diaryl/α,β-unsaturated/α-hetero) is 1. The monoisotopic (exact) mass is 472 g/mol. The van der Waals surface area contributed by atoms with E-state index in [0.717, 1.165) is 30.9 Å². The molecule has 1 heterocycles. The highest BCUT2D eigenvalue weighted by Crippen LogP contribution is 2.69. The summed E-state index contributed by atoms with van der Waals surface area (Å²) in [6, 6.07) is 7.53. The molecule has 6 nitrogen and oxygen atoms in total. The molecule has 8 heteroatoms. The third-order valence-electron chi connectivity index (χ3n) is 6.09. The fourth-order valence-corrected chi connectivity index (χ4v) is 4.92. The van der Waals surface area contributed by atoms with Gasteiger partial charge in [0.05, 0.1) is 10.6 Å². The van der Waals surface area contributed by atoms with Gasteiger partial charge in [0.2, 0.25) is 0 Å². The number of pyridine rings is 1. The fraction of sp³-hybridized carbons (Fsp3) is 0.400. The summed E-state index contributed by atoms with van der Waals surface area (Å²) in [5, 5.41) is 12.8. The van der Waals surface area contributed by atoms with Crippen LogP contribution in [0.4, 0.5) is 4.39 Å². The smallest absolute Gasteiger partial charge is 0.258 e. The lowest BCUT2D eigenvalue weighted by Gasteiger charge is -2.70. The number of amides is 1. The van der Waals surface area contributed by atoms with E-state index in [1.54, 1.807) is 44.3 Å². The van der Waals surface area contributed by atoms with Crippen LogP contribution < -0.4 is 10.1 Å². The first-order valence-corrected chi connectivity index (χ1v) is 11.1. The number of nitrogens with one attached hydrogen (secondary N) is 1. The van der Waals surface area contributed by atoms with Gasteiger partial charge in [0.25, 0.3) is 5.91 Å². The van der Waals surface area contributed by atoms with Crippen LogP contribution in [0, 0.1) is 11.2 Å². The molecule has 0 aliphatic heterocycles. The third-order valence-corrected chi connectivity index (χ3v) is 6.40. The van der Waals surface area contributed by atoms with E-state index >= 15 is 0 Å². The molecule has 3 aliphatic carbocycles. The Balaban J connectivity index is 1.25. The second kappa shape index (κ2) is 8.54. The Morgan fingerprint density at radius 1 is 1.27 bits per heavy atom. The van der Waals surface area contributed by atoms with Gasteiger partial charge in [0, 0.05) is 24.2 Å². The second-order valence-corrected chi connectivity index (χ2v) is 10.2. The number of ether oxygens (including phenoxy) is 1. The number of aromatic nitrogens is 1. The Morgan fingerprint density at radius 3 is 2.67 bits per heavy atom. The van der Waals surface area contributed by atoms with Crippen LogP contribution in [0.2, 0.25) is 5.02 Å². The average Bonchev–Trinajstić information content (AvgIpc) is 2.70. The van der Waals surface area contributed by atoms with Gasteiger partial charge in [-0.3, -0.25) is 14.6 Å². The van der Waals surface area contributed by atoms with Crippen LogP contribution in [0.15, 0.2) is 42.6 Å². The van der Waals surface area contributed by atoms with Crippen molar-refractivity contribution >= 4 is 29.4 Å². The highest BCUT2D eigenvalue weighted by molar-refractivity contribution is 6.30. The average molecular weight is 473 g/mol. The summed E-state index contributed by atoms with van der Waals surface area (Å²) in [7, 11) is 0. The lowest BCUT2D eigenvalue weighted by molar-refractivity contribution is -0.164. The minimum atomic E-state index is -0.936. The molecule has 0 radical (unpaired) electrons. The molecule has 33 heavy (non-hydrogen) atoms. The Morgan fingerprint density at radius 2 is 2.00 bits per heavy atom. The zero-order valence-electron chi connectivity index (χ0n) is 18.5. The Bertz CT molecular complexity index is 1110. The molecule has 1 amide bonds. The second-order valence-electron chi connectivity index (χ2n) is 9.78. The zero-order chi connectivity index (χ0) is 23.9. The minimum Gasteiger partial charge on any atom is -0.484 e. The summed E-state index contributed by atoms with van der Waals surface area (Å²) in [5.41, 5.74) is -0.104. The number of benzene rings is 1. The molecule has 2 bridgehead atoms. The first-order valence-electron chi connectivity index (χ1n) is 10.8. The fourth-order valence-electron chi connectivity index (χ4n) is 4.80. The standard InChI is InChI=1S/C25H26ClFN2O4/c1-23(2,32)7-5-16-6-8-28-20(9-16)21(30)11-24-13-25(14-24,15-24)29-22(31)12-33-17-3-4-18(26)19(27)10-17/h3-10,32H,11-15H2,1-2H3,(H,29,31)/b7-5+. The third kappa shape index (κ3) is 5.42. The summed E-state index contributed by atoms with van der Waals surface area (Å²) in [6.45, 7) is 3.14. The van der Waals surface area contributed by atoms with Gasteiger partial charge < -0.3 is 15.2 Å². The lowest BCUT2D eigenvalue weighted by atomic mass is 9.38. The van der Waals surface area contributed by atoms with Crippen molar-refractivity contribution in [3.63, 3.8) is 0 Å². The van der Waals surface area contributed by atoms with Crippen LogP contribution in [0.3, 0.4) is 0 Å². The van der Waals surface area contributed by atoms with Crippen molar-refractivity contribution in [1.29, 1.82) is 0 Å². The number of hydrogen-bond acceptors (Lipinski definition) is 5. The number of nitrogens with zero attached hydrogens (tertiary/aromatic N) is 1. The van der Waals surface area contributed by atoms with E-state index in [2.05, 4.69) is 10.3 Å². The SMILES string of the molecule is CC(C)(O)/C=C/c1ccnc(C(=O)CC23CC(NC(=O)COc4ccc(Cl)c(F)c4)(C2)C3)c1. The number of ketones is 1. The topological polar surface area (TPSA) is 88.5 Å². The molecule has 1 aromatic carbocycles. The van der Waals surface area contributed by atoms with Gasteiger partial charge in [-0.1, -0.05) is 23.8 Å². The van der Waals surface area contributed by atoms with E-state index in [1.807, 2.05) is 0 Å². The first-order chi connectivity index (χ1) is 15.5. The van der Waals surface area contributed by atoms with Gasteiger partial charge in [-0.05, 0) is 68.4 Å². The molecule has 0 unspecified atom stereocenters. The molecule has 174 valence electrons. The quantitative estimate of drug-likeness (QED) is 0.530. The predicted molar refractivity (Wildman–Crippen MR) is 123 cm³/mol. The highest BCUT2D eigenvalue weighted by atomic mass is 35.5. The molecule has 1 aromatic heterocycles. The maximum absolute atomic E-state index is 13.5. The number of rotatable bonds is 9. The van der Waals surface area contributed by atoms with Crippen LogP contribution >= 0.6 is 11.6 Å². The van der Waals surface area contributed by atoms with Crippen molar-refractivity contribution in [2.45, 2.75) is 50.7 Å². The predicted octanol–water partition coefficient (Wildman–Crippen LogP) is 4.35. The van der Waals surface area contributed by atoms with E-state index in [0.29, 0.717) is 12.1 Å². The van der Waals surface area contributed by atoms with Gasteiger partial charge in [-0.15, -0.1) is 0 Å². The summed E-state index contributed by atoms with van der Waals surface area (Å²) in [4.78, 5) is 29.3. The van der Waals surface area contributed by atoms with E-state index in [9.17, 15) is 19.1 Å². The van der Waals surface area contributed by atoms with Gasteiger partial charge in [-0.2, -0.15) is 0 Å². The lowest BCUT2D eigenvalue weighted by Crippen LogP contribution is -2.75. The summed E-state index contributed by atoms with van der Waals surface area (Å²) in [5.74, 6) is -0.674. The number of halogens is 2. The van der Waals surface area contributed by atoms with Gasteiger partial charge in [0.1, 0.15) is 17.3 Å². The largest absolute Gasteiger partial charge is 0.484 e. The van der Waals surface area contributed by atoms with E-state index in [-0.39, 0.29) is 40.0 Å². The van der Waals surface area contributed by atoms with Crippen LogP contribution in [-0.4, -0.2) is 39.5 Å². The van der Waals surface area contributed by atoms with E-state index in [1.165, 1.54) is 12.1 Å². The van der Waals surface area contributed by atoms with Crippen molar-refractivity contribution < 1.29 is 23.8 Å². The van der Waals surface area contributed by atoms with Crippen molar-refractivity contribution in [3.05, 3.63) is 64.7 Å². The summed E-state index contributed by atoms with van der Waals surface area (Å²) in [6.07, 6.45) is 7.63. The first kappa shape index (κ1) is 23.4. The van der Waals surface area contributed by atoms with Crippen LogP contribution in [-0.2, 0) is 4.79 Å². The van der Waals surface area contributed by atoms with Crippen LogP contribution in [0.25, 0.3) is 6.08 Å². The Kier molecular flexibility index (Phi) is 6.05. The van der Waals surface area contributed by atoms with Crippen LogP contribution in [0.1, 0.15) is 55.6 Å². The maximum Gasteiger partial charge on any atom is 0.258 e. The molecule has 5 rings (SSSR count). The van der Waals surface area contributed by atoms with Crippen molar-refractivity contribution in [2.24, 2.45) is 5.41 Å². The normalized spacial score (nSPS) is 23.5. The number of carbonyl (C=O) groups excluding carboxylic acids is 2. The van der Waals surface area contributed by atoms with Gasteiger partial charge >= 0.3 is 0 Å². The van der Waals surface area contributed by atoms with Crippen molar-refractivity contribution in [2.75, 3.05) is 6.61 Å². The molecule has 2 aromatic rings. The molecular formula is C25H26ClFN2O4. The van der Waals surface area contributed by atoms with Crippen molar-refractivity contribution in [1.82, 2.24) is 10.3 Å². The molecule has 0 saturated heterocycles. The summed E-state index contributed by atoms with van der Waals surface area (Å²) >= 11 is 5.64. The van der Waals surface area contributed by atoms with Crippen molar-refractivity contribution in [3.8, 4) is 5.75 Å². The summed E-state index contributed by atoms with van der Waals surface area (Å²) < 4.78 is 18.8. The number of hydrogen-bond donors (Lipinski definition) is 2. The Hall–Kier alpha value is -2.77. The molecule has 2 N–H and O–H groups in total. The maximum atomic E-state index is 13.5. The molecule has 3 saturated carbocycles. The van der Waals surface area contributed by atoms with E-state index < -0.39 is 11.4 Å². The number of carbonyl (C=O) groups is 2. The minimum absolute atomic E-state index is 0.00647. The molecule has 0 atom stereocenters. The molecular weight excluding hydrogens is 447 g/mol. The van der Waals surface area contributed by atoms with Crippen LogP contribution in [0.5, 0.6) is 5.75 Å². The molecule has 3 aliphatic rings. The van der Waals surface area contributed by atoms with Gasteiger partial charge in [-0.25, -0.2) is 4.39 Å². The van der Waals surface area contributed by atoms with E-state index in [4.69, 9.17) is 16.3 Å². The zero-order valence-corrected chi connectivity index (χ0v) is 19.3. The van der Waals surface area contributed by atoms with Gasteiger partial charge in [0.15, 0.2) is 12.4 Å². The number of aliphatic hydroxyl groups is 1. The Labute approximate surface area is 196 Å². The molecule has 0 spiro atoms. The highest BCUT2D eigenvalue weighted by Gasteiger charge is 2.68. The molecule has 3 fully saturated rings.